The lowest BCUT2D eigenvalue weighted by atomic mass is 9.95. The Hall–Kier alpha value is -2.40. The van der Waals surface area contributed by atoms with Gasteiger partial charge in [-0.15, -0.1) is 0 Å². The van der Waals surface area contributed by atoms with Crippen LogP contribution in [0.5, 0.6) is 0 Å². The second kappa shape index (κ2) is 8.95. The normalized spacial score (nSPS) is 18.2. The molecule has 5 heteroatoms. The standard InChI is InChI=1S/C24H30FN3O/c1-27-13-5-6-19-16-20(9-12-22(19)27)23(28-14-3-2-4-15-28)17-26-24(29)18-7-10-21(25)11-8-18/h7-12,16,23H,2-6,13-15,17H2,1H3,(H,26,29)/t23-/m0/s1. The van der Waals surface area contributed by atoms with Crippen molar-refractivity contribution in [2.45, 2.75) is 38.1 Å². The van der Waals surface area contributed by atoms with Crippen molar-refractivity contribution in [2.75, 3.05) is 38.1 Å². The number of anilines is 1. The summed E-state index contributed by atoms with van der Waals surface area (Å²) in [6.07, 6.45) is 5.98. The van der Waals surface area contributed by atoms with Gasteiger partial charge in [0.05, 0.1) is 6.04 Å². The van der Waals surface area contributed by atoms with Crippen molar-refractivity contribution in [1.82, 2.24) is 10.2 Å². The SMILES string of the molecule is CN1CCCc2cc([C@H](CNC(=O)c3ccc(F)cc3)N3CCCCC3)ccc21. The van der Waals surface area contributed by atoms with Crippen molar-refractivity contribution in [2.24, 2.45) is 0 Å². The molecule has 0 radical (unpaired) electrons. The van der Waals surface area contributed by atoms with Crippen molar-refractivity contribution in [3.05, 3.63) is 65.0 Å². The lowest BCUT2D eigenvalue weighted by Gasteiger charge is -2.36. The van der Waals surface area contributed by atoms with Gasteiger partial charge in [-0.25, -0.2) is 4.39 Å². The molecule has 2 aliphatic rings. The molecule has 2 aliphatic heterocycles. The Morgan fingerprint density at radius 3 is 2.55 bits per heavy atom. The molecular formula is C24H30FN3O. The molecule has 0 bridgehead atoms. The van der Waals surface area contributed by atoms with Crippen molar-refractivity contribution < 1.29 is 9.18 Å². The summed E-state index contributed by atoms with van der Waals surface area (Å²) < 4.78 is 13.2. The van der Waals surface area contributed by atoms with Crippen LogP contribution in [0, 0.1) is 5.82 Å². The third-order valence-electron chi connectivity index (χ3n) is 6.23. The number of benzene rings is 2. The number of hydrogen-bond acceptors (Lipinski definition) is 3. The number of amides is 1. The van der Waals surface area contributed by atoms with E-state index in [9.17, 15) is 9.18 Å². The van der Waals surface area contributed by atoms with Gasteiger partial charge in [-0.05, 0) is 80.2 Å². The Bertz CT molecular complexity index is 846. The summed E-state index contributed by atoms with van der Waals surface area (Å²) in [5.41, 5.74) is 4.51. The lowest BCUT2D eigenvalue weighted by Crippen LogP contribution is -2.40. The Labute approximate surface area is 172 Å². The van der Waals surface area contributed by atoms with E-state index < -0.39 is 0 Å². The van der Waals surface area contributed by atoms with E-state index in [1.165, 1.54) is 66.8 Å². The van der Waals surface area contributed by atoms with E-state index in [-0.39, 0.29) is 17.8 Å². The average Bonchev–Trinajstić information content (AvgIpc) is 2.75. The summed E-state index contributed by atoms with van der Waals surface area (Å²) in [7, 11) is 2.16. The van der Waals surface area contributed by atoms with E-state index in [2.05, 4.69) is 40.4 Å². The number of piperidine rings is 1. The molecule has 154 valence electrons. The largest absolute Gasteiger partial charge is 0.374 e. The van der Waals surface area contributed by atoms with Crippen LogP contribution in [0.15, 0.2) is 42.5 Å². The first-order valence-electron chi connectivity index (χ1n) is 10.7. The highest BCUT2D eigenvalue weighted by molar-refractivity contribution is 5.94. The third kappa shape index (κ3) is 4.61. The summed E-state index contributed by atoms with van der Waals surface area (Å²) in [6, 6.07) is 12.7. The third-order valence-corrected chi connectivity index (χ3v) is 6.23. The molecule has 0 saturated carbocycles. The van der Waals surface area contributed by atoms with Crippen molar-refractivity contribution in [1.29, 1.82) is 0 Å². The van der Waals surface area contributed by atoms with Crippen LogP contribution in [0.4, 0.5) is 10.1 Å². The Balaban J connectivity index is 1.53. The van der Waals surface area contributed by atoms with Crippen LogP contribution in [0.2, 0.25) is 0 Å². The van der Waals surface area contributed by atoms with Gasteiger partial charge < -0.3 is 10.2 Å². The zero-order chi connectivity index (χ0) is 20.2. The fourth-order valence-electron chi connectivity index (χ4n) is 4.59. The number of likely N-dealkylation sites (tertiary alicyclic amines) is 1. The molecule has 2 aromatic rings. The van der Waals surface area contributed by atoms with Gasteiger partial charge in [-0.3, -0.25) is 9.69 Å². The van der Waals surface area contributed by atoms with Gasteiger partial charge in [0.2, 0.25) is 0 Å². The Morgan fingerprint density at radius 1 is 1.03 bits per heavy atom. The molecule has 1 fully saturated rings. The molecule has 2 heterocycles. The second-order valence-corrected chi connectivity index (χ2v) is 8.24. The molecule has 4 rings (SSSR count). The van der Waals surface area contributed by atoms with E-state index in [1.54, 1.807) is 0 Å². The molecule has 1 N–H and O–H groups in total. The maximum atomic E-state index is 13.2. The highest BCUT2D eigenvalue weighted by Gasteiger charge is 2.25. The van der Waals surface area contributed by atoms with E-state index in [4.69, 9.17) is 0 Å². The van der Waals surface area contributed by atoms with Crippen LogP contribution < -0.4 is 10.2 Å². The predicted molar refractivity (Wildman–Crippen MR) is 115 cm³/mol. The minimum absolute atomic E-state index is 0.148. The molecule has 0 spiro atoms. The molecule has 0 aliphatic carbocycles. The van der Waals surface area contributed by atoms with Gasteiger partial charge in [0, 0.05) is 31.4 Å². The van der Waals surface area contributed by atoms with Gasteiger partial charge >= 0.3 is 0 Å². The number of hydrogen-bond donors (Lipinski definition) is 1. The van der Waals surface area contributed by atoms with Crippen LogP contribution in [-0.4, -0.2) is 44.0 Å². The zero-order valence-electron chi connectivity index (χ0n) is 17.2. The minimum atomic E-state index is -0.327. The zero-order valence-corrected chi connectivity index (χ0v) is 17.2. The van der Waals surface area contributed by atoms with Gasteiger partial charge in [0.15, 0.2) is 0 Å². The number of halogens is 1. The smallest absolute Gasteiger partial charge is 0.251 e. The van der Waals surface area contributed by atoms with Crippen LogP contribution in [0.25, 0.3) is 0 Å². The van der Waals surface area contributed by atoms with E-state index in [0.29, 0.717) is 12.1 Å². The first-order valence-corrected chi connectivity index (χ1v) is 10.7. The number of fused-ring (bicyclic) bond motifs is 1. The number of carbonyl (C=O) groups excluding carboxylic acids is 1. The number of nitrogens with one attached hydrogen (secondary N) is 1. The van der Waals surface area contributed by atoms with Gasteiger partial charge in [-0.1, -0.05) is 18.6 Å². The summed E-state index contributed by atoms with van der Waals surface area (Å²) in [6.45, 7) is 3.79. The molecular weight excluding hydrogens is 365 g/mol. The predicted octanol–water partition coefficient (Wildman–Crippen LogP) is 4.17. The van der Waals surface area contributed by atoms with Crippen molar-refractivity contribution in [3.63, 3.8) is 0 Å². The molecule has 0 unspecified atom stereocenters. The topological polar surface area (TPSA) is 35.6 Å². The minimum Gasteiger partial charge on any atom is -0.374 e. The molecule has 1 atom stereocenters. The van der Waals surface area contributed by atoms with Gasteiger partial charge in [-0.2, -0.15) is 0 Å². The Morgan fingerprint density at radius 2 is 1.79 bits per heavy atom. The average molecular weight is 396 g/mol. The van der Waals surface area contributed by atoms with E-state index >= 15 is 0 Å². The van der Waals surface area contributed by atoms with Crippen LogP contribution >= 0.6 is 0 Å². The number of nitrogens with zero attached hydrogens (tertiary/aromatic N) is 2. The number of aryl methyl sites for hydroxylation is 1. The van der Waals surface area contributed by atoms with Crippen LogP contribution in [0.1, 0.15) is 53.2 Å². The Kier molecular flexibility index (Phi) is 6.14. The van der Waals surface area contributed by atoms with E-state index in [1.807, 2.05) is 0 Å². The molecule has 29 heavy (non-hydrogen) atoms. The molecule has 1 saturated heterocycles. The first kappa shape index (κ1) is 19.9. The summed E-state index contributed by atoms with van der Waals surface area (Å²) >= 11 is 0. The van der Waals surface area contributed by atoms with Crippen molar-refractivity contribution in [3.8, 4) is 0 Å². The highest BCUT2D eigenvalue weighted by Crippen LogP contribution is 2.31. The van der Waals surface area contributed by atoms with Crippen LogP contribution in [0.3, 0.4) is 0 Å². The quantitative estimate of drug-likeness (QED) is 0.826. The lowest BCUT2D eigenvalue weighted by molar-refractivity contribution is 0.0924. The maximum absolute atomic E-state index is 13.2. The first-order chi connectivity index (χ1) is 14.1. The monoisotopic (exact) mass is 395 g/mol. The molecule has 0 aromatic heterocycles. The number of rotatable bonds is 5. The fraction of sp³-hybridized carbons (Fsp3) is 0.458. The van der Waals surface area contributed by atoms with Crippen LogP contribution in [-0.2, 0) is 6.42 Å². The summed E-state index contributed by atoms with van der Waals surface area (Å²) in [5, 5.41) is 3.09. The summed E-state index contributed by atoms with van der Waals surface area (Å²) in [5.74, 6) is -0.475. The fourth-order valence-corrected chi connectivity index (χ4v) is 4.59. The number of carbonyl (C=O) groups is 1. The van der Waals surface area contributed by atoms with Crippen molar-refractivity contribution >= 4 is 11.6 Å². The molecule has 4 nitrogen and oxygen atoms in total. The van der Waals surface area contributed by atoms with Gasteiger partial charge in [0.1, 0.15) is 5.82 Å². The second-order valence-electron chi connectivity index (χ2n) is 8.24. The summed E-state index contributed by atoms with van der Waals surface area (Å²) in [4.78, 5) is 17.4. The van der Waals surface area contributed by atoms with E-state index in [0.717, 1.165) is 26.1 Å². The molecule has 2 aromatic carbocycles. The van der Waals surface area contributed by atoms with Gasteiger partial charge in [0.25, 0.3) is 5.91 Å². The highest BCUT2D eigenvalue weighted by atomic mass is 19.1. The molecule has 1 amide bonds. The maximum Gasteiger partial charge on any atom is 0.251 e.